The molecule has 0 spiro atoms. The molecule has 0 aromatic carbocycles. The molecule has 0 saturated carbocycles. The molecule has 0 bridgehead atoms. The van der Waals surface area contributed by atoms with E-state index in [0.29, 0.717) is 24.4 Å². The van der Waals surface area contributed by atoms with Crippen molar-refractivity contribution in [1.29, 1.82) is 0 Å². The van der Waals surface area contributed by atoms with Crippen molar-refractivity contribution in [3.63, 3.8) is 0 Å². The topological polar surface area (TPSA) is 85.1 Å². The maximum absolute atomic E-state index is 10.8. The highest BCUT2D eigenvalue weighted by Crippen LogP contribution is 2.19. The number of hydrogen-bond acceptors (Lipinski definition) is 5. The number of pyridine rings is 1. The van der Waals surface area contributed by atoms with Crippen molar-refractivity contribution >= 4 is 32.2 Å². The fourth-order valence-corrected chi connectivity index (χ4v) is 1.73. The first-order chi connectivity index (χ1) is 7.61. The van der Waals surface area contributed by atoms with Crippen molar-refractivity contribution in [3.8, 4) is 0 Å². The first-order valence-corrected chi connectivity index (χ1v) is 6.47. The van der Waals surface area contributed by atoms with Gasteiger partial charge in [0, 0.05) is 29.4 Å². The zero-order chi connectivity index (χ0) is 12.0. The van der Waals surface area contributed by atoms with Crippen LogP contribution in [0.3, 0.4) is 0 Å². The minimum atomic E-state index is -0.827. The van der Waals surface area contributed by atoms with Crippen molar-refractivity contribution in [1.82, 2.24) is 4.98 Å². The molecule has 1 N–H and O–H groups in total. The summed E-state index contributed by atoms with van der Waals surface area (Å²) < 4.78 is 10.8. The highest BCUT2D eigenvalue weighted by Gasteiger charge is 2.12. The summed E-state index contributed by atoms with van der Waals surface area (Å²) in [6, 6.07) is 3.24. The maximum atomic E-state index is 10.8. The van der Waals surface area contributed by atoms with E-state index in [0.717, 1.165) is 0 Å². The zero-order valence-corrected chi connectivity index (χ0v) is 11.8. The average molecular weight is 277 g/mol. The molecule has 2 unspecified atom stereocenters. The van der Waals surface area contributed by atoms with Gasteiger partial charge in [-0.15, -0.1) is 0 Å². The number of aromatic nitrogens is 1. The minimum Gasteiger partial charge on any atom is -0.378 e. The molecule has 1 heterocycles. The van der Waals surface area contributed by atoms with Crippen LogP contribution < -0.4 is 5.32 Å². The Bertz CT molecular complexity index is 403. The molecule has 1 aromatic heterocycles. The summed E-state index contributed by atoms with van der Waals surface area (Å²) in [5.74, 6) is 0.404. The van der Waals surface area contributed by atoms with E-state index >= 15 is 0 Å². The fraction of sp³-hybridized carbons (Fsp3) is 0.444. The molecule has 0 fully saturated rings. The zero-order valence-electron chi connectivity index (χ0n) is 9.59. The first kappa shape index (κ1) is 15.9. The summed E-state index contributed by atoms with van der Waals surface area (Å²) in [7, 11) is -0.827. The third kappa shape index (κ3) is 5.70. The van der Waals surface area contributed by atoms with Gasteiger partial charge in [-0.1, -0.05) is 0 Å². The first-order valence-electron chi connectivity index (χ1n) is 4.74. The van der Waals surface area contributed by atoms with Crippen molar-refractivity contribution < 1.29 is 9.13 Å². The lowest BCUT2D eigenvalue weighted by Crippen LogP contribution is -2.08. The van der Waals surface area contributed by atoms with Crippen LogP contribution in [0.15, 0.2) is 18.3 Å². The molecule has 8 heteroatoms. The van der Waals surface area contributed by atoms with Crippen molar-refractivity contribution in [2.24, 2.45) is 0 Å². The van der Waals surface area contributed by atoms with E-state index in [4.69, 9.17) is 0 Å². The van der Waals surface area contributed by atoms with E-state index in [2.05, 4.69) is 10.3 Å². The second-order valence-corrected chi connectivity index (χ2v) is 4.74. The molecule has 17 heavy (non-hydrogen) atoms. The lowest BCUT2D eigenvalue weighted by molar-refractivity contribution is -0.388. The van der Waals surface area contributed by atoms with Crippen LogP contribution in [-0.4, -0.2) is 32.7 Å². The predicted octanol–water partition coefficient (Wildman–Crippen LogP) is 1.23. The van der Waals surface area contributed by atoms with Crippen LogP contribution in [0.5, 0.6) is 0 Å². The Morgan fingerprint density at radius 3 is 2.88 bits per heavy atom. The monoisotopic (exact) mass is 277 g/mol. The SMILES string of the molecule is CS(=O)CCCNc1cccnc1[N+](=O)[O-].P. The number of nitro groups is 1. The van der Waals surface area contributed by atoms with E-state index in [1.165, 1.54) is 6.20 Å². The van der Waals surface area contributed by atoms with Crippen LogP contribution in [0.1, 0.15) is 6.42 Å². The van der Waals surface area contributed by atoms with Gasteiger partial charge in [0.1, 0.15) is 11.9 Å². The van der Waals surface area contributed by atoms with Gasteiger partial charge in [-0.3, -0.25) is 4.21 Å². The smallest absolute Gasteiger partial charge is 0.378 e. The quantitative estimate of drug-likeness (QED) is 0.366. The van der Waals surface area contributed by atoms with Crippen molar-refractivity contribution in [2.75, 3.05) is 23.9 Å². The van der Waals surface area contributed by atoms with Crippen molar-refractivity contribution in [3.05, 3.63) is 28.4 Å². The number of anilines is 1. The normalized spacial score (nSPS) is 11.4. The van der Waals surface area contributed by atoms with Gasteiger partial charge in [-0.05, 0) is 28.5 Å². The molecule has 0 aliphatic carbocycles. The predicted molar refractivity (Wildman–Crippen MR) is 74.0 cm³/mol. The Morgan fingerprint density at radius 1 is 1.59 bits per heavy atom. The Kier molecular flexibility index (Phi) is 7.58. The molecule has 6 nitrogen and oxygen atoms in total. The molecule has 1 aromatic rings. The molecule has 0 aliphatic heterocycles. The summed E-state index contributed by atoms with van der Waals surface area (Å²) >= 11 is 0. The van der Waals surface area contributed by atoms with Crippen LogP contribution in [-0.2, 0) is 10.8 Å². The number of nitrogens with one attached hydrogen (secondary N) is 1. The third-order valence-corrected chi connectivity index (χ3v) is 2.75. The molecule has 0 aliphatic rings. The van der Waals surface area contributed by atoms with Crippen LogP contribution in [0.4, 0.5) is 11.5 Å². The van der Waals surface area contributed by atoms with E-state index in [-0.39, 0.29) is 15.7 Å². The van der Waals surface area contributed by atoms with Gasteiger partial charge in [-0.25, -0.2) is 0 Å². The molecule has 0 radical (unpaired) electrons. The third-order valence-electron chi connectivity index (χ3n) is 1.88. The maximum Gasteiger partial charge on any atom is 0.386 e. The molecular formula is C9H16N3O3PS. The Balaban J connectivity index is 0.00000256. The second kappa shape index (κ2) is 8.08. The van der Waals surface area contributed by atoms with E-state index in [1.54, 1.807) is 18.4 Å². The average Bonchev–Trinajstić information content (AvgIpc) is 2.24. The van der Waals surface area contributed by atoms with E-state index < -0.39 is 15.7 Å². The standard InChI is InChI=1S/C9H13N3O3S.H3P/c1-16(15)7-3-6-10-8-4-2-5-11-9(8)12(13)14;/h2,4-5,10H,3,6-7H2,1H3;1H3. The van der Waals surface area contributed by atoms with Gasteiger partial charge in [0.15, 0.2) is 0 Å². The Morgan fingerprint density at radius 2 is 2.29 bits per heavy atom. The fourth-order valence-electron chi connectivity index (χ4n) is 1.18. The van der Waals surface area contributed by atoms with Gasteiger partial charge in [0.05, 0.1) is 0 Å². The van der Waals surface area contributed by atoms with Gasteiger partial charge >= 0.3 is 5.82 Å². The van der Waals surface area contributed by atoms with Crippen molar-refractivity contribution in [2.45, 2.75) is 6.42 Å². The number of rotatable bonds is 6. The van der Waals surface area contributed by atoms with Gasteiger partial charge < -0.3 is 15.4 Å². The van der Waals surface area contributed by atoms with E-state index in [9.17, 15) is 14.3 Å². The second-order valence-electron chi connectivity index (χ2n) is 3.19. The molecule has 96 valence electrons. The minimum absolute atomic E-state index is 0. The highest BCUT2D eigenvalue weighted by atomic mass is 32.2. The molecular weight excluding hydrogens is 261 g/mol. The number of nitrogens with zero attached hydrogens (tertiary/aromatic N) is 2. The van der Waals surface area contributed by atoms with Crippen LogP contribution in [0.25, 0.3) is 0 Å². The van der Waals surface area contributed by atoms with Gasteiger partial charge in [0.25, 0.3) is 0 Å². The summed E-state index contributed by atoms with van der Waals surface area (Å²) in [5.41, 5.74) is 0.398. The van der Waals surface area contributed by atoms with Gasteiger partial charge in [0.2, 0.25) is 0 Å². The summed E-state index contributed by atoms with van der Waals surface area (Å²) in [6.07, 6.45) is 3.71. The highest BCUT2D eigenvalue weighted by molar-refractivity contribution is 7.84. The molecule has 2 atom stereocenters. The summed E-state index contributed by atoms with van der Waals surface area (Å²) in [4.78, 5) is 13.8. The largest absolute Gasteiger partial charge is 0.386 e. The molecule has 0 amide bonds. The summed E-state index contributed by atoms with van der Waals surface area (Å²) in [5, 5.41) is 13.5. The number of hydrogen-bond donors (Lipinski definition) is 1. The molecule has 1 rings (SSSR count). The Hall–Kier alpha value is -1.07. The van der Waals surface area contributed by atoms with Crippen LogP contribution >= 0.6 is 9.90 Å². The Labute approximate surface area is 105 Å². The molecule has 0 saturated heterocycles. The van der Waals surface area contributed by atoms with Gasteiger partial charge in [-0.2, -0.15) is 9.90 Å². The van der Waals surface area contributed by atoms with Crippen LogP contribution in [0.2, 0.25) is 0 Å². The van der Waals surface area contributed by atoms with E-state index in [1.807, 2.05) is 0 Å². The van der Waals surface area contributed by atoms with Crippen LogP contribution in [0, 0.1) is 10.1 Å². The lowest BCUT2D eigenvalue weighted by Gasteiger charge is -2.05. The summed E-state index contributed by atoms with van der Waals surface area (Å²) in [6.45, 7) is 0.548. The lowest BCUT2D eigenvalue weighted by atomic mass is 10.3.